The van der Waals surface area contributed by atoms with E-state index in [1.165, 1.54) is 6.92 Å². The van der Waals surface area contributed by atoms with Crippen molar-refractivity contribution < 1.29 is 37.4 Å². The summed E-state index contributed by atoms with van der Waals surface area (Å²) in [5, 5.41) is 12.6. The molecule has 184 valence electrons. The van der Waals surface area contributed by atoms with E-state index < -0.39 is 42.7 Å². The van der Waals surface area contributed by atoms with Gasteiger partial charge in [-0.1, -0.05) is 48.5 Å². The summed E-state index contributed by atoms with van der Waals surface area (Å²) in [6.45, 7) is 1.41. The zero-order valence-electron chi connectivity index (χ0n) is 18.7. The average Bonchev–Trinajstić information content (AvgIpc) is 3.12. The zero-order chi connectivity index (χ0) is 25.6. The molecular formula is C25H23F3N2O5. The molecule has 0 radical (unpaired) electrons. The van der Waals surface area contributed by atoms with E-state index in [2.05, 4.69) is 17.2 Å². The molecule has 3 N–H and O–H groups in total. The number of hydrogen-bond acceptors (Lipinski definition) is 4. The SMILES string of the molecule is CC#CCC(NC(=O)OCC1c2ccccc2-c2ccccc21)C(=O)NC(CC(=O)O)C(F)(F)F. The van der Waals surface area contributed by atoms with Crippen molar-refractivity contribution in [3.63, 3.8) is 0 Å². The van der Waals surface area contributed by atoms with E-state index in [0.717, 1.165) is 22.3 Å². The molecule has 0 bridgehead atoms. The molecule has 35 heavy (non-hydrogen) atoms. The maximum atomic E-state index is 13.1. The summed E-state index contributed by atoms with van der Waals surface area (Å²) in [6, 6.07) is 11.2. The lowest BCUT2D eigenvalue weighted by Crippen LogP contribution is -2.54. The van der Waals surface area contributed by atoms with Gasteiger partial charge in [0.25, 0.3) is 0 Å². The zero-order valence-corrected chi connectivity index (χ0v) is 18.7. The predicted octanol–water partition coefficient (Wildman–Crippen LogP) is 3.83. The standard InChI is InChI=1S/C25H23F3N2O5/c1-2-3-12-20(23(33)30-21(13-22(31)32)25(26,27)28)29-24(34)35-14-19-17-10-6-4-8-15(17)16-9-5-7-11-18(16)19/h4-11,19-21H,12-14H2,1H3,(H,29,34)(H,30,33)(H,31,32). The molecule has 0 fully saturated rings. The summed E-state index contributed by atoms with van der Waals surface area (Å²) >= 11 is 0. The van der Waals surface area contributed by atoms with Gasteiger partial charge in [0, 0.05) is 12.3 Å². The summed E-state index contributed by atoms with van der Waals surface area (Å²) in [7, 11) is 0. The topological polar surface area (TPSA) is 105 Å². The number of alkyl halides is 3. The third-order valence-corrected chi connectivity index (χ3v) is 5.53. The second-order valence-corrected chi connectivity index (χ2v) is 7.85. The van der Waals surface area contributed by atoms with Crippen molar-refractivity contribution in [1.82, 2.24) is 10.6 Å². The average molecular weight is 488 g/mol. The van der Waals surface area contributed by atoms with Crippen LogP contribution in [0.1, 0.15) is 36.8 Å². The van der Waals surface area contributed by atoms with Crippen molar-refractivity contribution in [3.05, 3.63) is 59.7 Å². The molecule has 2 aromatic carbocycles. The van der Waals surface area contributed by atoms with Gasteiger partial charge >= 0.3 is 18.2 Å². The molecule has 0 aromatic heterocycles. The van der Waals surface area contributed by atoms with Crippen molar-refractivity contribution in [2.24, 2.45) is 0 Å². The first kappa shape index (κ1) is 25.6. The number of carboxylic acid groups (broad SMARTS) is 1. The fraction of sp³-hybridized carbons (Fsp3) is 0.320. The van der Waals surface area contributed by atoms with Gasteiger partial charge in [-0.25, -0.2) is 4.79 Å². The third-order valence-electron chi connectivity index (χ3n) is 5.53. The van der Waals surface area contributed by atoms with Crippen molar-refractivity contribution in [2.45, 2.75) is 43.9 Å². The molecule has 2 atom stereocenters. The van der Waals surface area contributed by atoms with Crippen LogP contribution in [-0.2, 0) is 14.3 Å². The largest absolute Gasteiger partial charge is 0.481 e. The molecule has 1 aliphatic rings. The highest BCUT2D eigenvalue weighted by atomic mass is 19.4. The number of amides is 2. The molecule has 10 heteroatoms. The first-order valence-electron chi connectivity index (χ1n) is 10.7. The van der Waals surface area contributed by atoms with Gasteiger partial charge in [-0.15, -0.1) is 11.8 Å². The number of rotatable bonds is 8. The Morgan fingerprint density at radius 3 is 2.11 bits per heavy atom. The van der Waals surface area contributed by atoms with E-state index >= 15 is 0 Å². The molecular weight excluding hydrogens is 465 g/mol. The Bertz CT molecular complexity index is 1120. The van der Waals surface area contributed by atoms with Gasteiger partial charge in [-0.2, -0.15) is 13.2 Å². The number of fused-ring (bicyclic) bond motifs is 3. The summed E-state index contributed by atoms with van der Waals surface area (Å²) in [4.78, 5) is 35.7. The monoisotopic (exact) mass is 488 g/mol. The smallest absolute Gasteiger partial charge is 0.409 e. The highest BCUT2D eigenvalue weighted by Crippen LogP contribution is 2.44. The van der Waals surface area contributed by atoms with Gasteiger partial charge in [-0.05, 0) is 29.2 Å². The summed E-state index contributed by atoms with van der Waals surface area (Å²) < 4.78 is 44.8. The van der Waals surface area contributed by atoms with Gasteiger partial charge in [0.2, 0.25) is 5.91 Å². The Morgan fingerprint density at radius 1 is 1.03 bits per heavy atom. The summed E-state index contributed by atoms with van der Waals surface area (Å²) in [5.41, 5.74) is 3.97. The van der Waals surface area contributed by atoms with E-state index in [1.54, 1.807) is 5.32 Å². The van der Waals surface area contributed by atoms with Crippen molar-refractivity contribution in [1.29, 1.82) is 0 Å². The third kappa shape index (κ3) is 6.32. The van der Waals surface area contributed by atoms with Crippen LogP contribution in [0.5, 0.6) is 0 Å². The van der Waals surface area contributed by atoms with Gasteiger partial charge < -0.3 is 20.5 Å². The summed E-state index contributed by atoms with van der Waals surface area (Å²) in [5.74, 6) is 1.83. The fourth-order valence-corrected chi connectivity index (χ4v) is 3.89. The highest BCUT2D eigenvalue weighted by molar-refractivity contribution is 5.86. The number of ether oxygens (including phenoxy) is 1. The van der Waals surface area contributed by atoms with Crippen LogP contribution < -0.4 is 10.6 Å². The Balaban J connectivity index is 1.68. The number of benzene rings is 2. The molecule has 0 heterocycles. The molecule has 0 spiro atoms. The van der Waals surface area contributed by atoms with Crippen molar-refractivity contribution in [3.8, 4) is 23.0 Å². The fourth-order valence-electron chi connectivity index (χ4n) is 3.89. The number of alkyl carbamates (subject to hydrolysis) is 1. The first-order valence-corrected chi connectivity index (χ1v) is 10.7. The van der Waals surface area contributed by atoms with Crippen LogP contribution in [0.3, 0.4) is 0 Å². The molecule has 2 aromatic rings. The van der Waals surface area contributed by atoms with E-state index in [4.69, 9.17) is 9.84 Å². The molecule has 2 unspecified atom stereocenters. The molecule has 0 saturated heterocycles. The normalized spacial score (nSPS) is 13.9. The summed E-state index contributed by atoms with van der Waals surface area (Å²) in [6.07, 6.45) is -7.64. The Labute approximate surface area is 199 Å². The van der Waals surface area contributed by atoms with Crippen LogP contribution >= 0.6 is 0 Å². The molecule has 2 amide bonds. The number of carboxylic acids is 1. The Morgan fingerprint density at radius 2 is 1.60 bits per heavy atom. The maximum Gasteiger partial charge on any atom is 0.409 e. The van der Waals surface area contributed by atoms with Gasteiger partial charge in [0.15, 0.2) is 0 Å². The number of hydrogen-bond donors (Lipinski definition) is 3. The van der Waals surface area contributed by atoms with E-state index in [0.29, 0.717) is 0 Å². The minimum Gasteiger partial charge on any atom is -0.481 e. The van der Waals surface area contributed by atoms with Crippen molar-refractivity contribution in [2.75, 3.05) is 6.61 Å². The van der Waals surface area contributed by atoms with E-state index in [1.807, 2.05) is 48.5 Å². The number of nitrogens with one attached hydrogen (secondary N) is 2. The number of aliphatic carboxylic acids is 1. The van der Waals surface area contributed by atoms with Crippen LogP contribution in [-0.4, -0.2) is 47.9 Å². The van der Waals surface area contributed by atoms with Crippen LogP contribution in [0.4, 0.5) is 18.0 Å². The van der Waals surface area contributed by atoms with Gasteiger partial charge in [-0.3, -0.25) is 9.59 Å². The predicted molar refractivity (Wildman–Crippen MR) is 120 cm³/mol. The molecule has 1 aliphatic carbocycles. The second-order valence-electron chi connectivity index (χ2n) is 7.85. The van der Waals surface area contributed by atoms with Crippen molar-refractivity contribution >= 4 is 18.0 Å². The minimum atomic E-state index is -4.99. The molecule has 7 nitrogen and oxygen atoms in total. The van der Waals surface area contributed by atoms with Gasteiger partial charge in [0.05, 0.1) is 6.42 Å². The lowest BCUT2D eigenvalue weighted by molar-refractivity contribution is -0.170. The maximum absolute atomic E-state index is 13.1. The number of carbonyl (C=O) groups is 3. The van der Waals surface area contributed by atoms with Crippen LogP contribution in [0, 0.1) is 11.8 Å². The lowest BCUT2D eigenvalue weighted by atomic mass is 9.98. The number of carbonyl (C=O) groups excluding carboxylic acids is 2. The lowest BCUT2D eigenvalue weighted by Gasteiger charge is -2.23. The van der Waals surface area contributed by atoms with E-state index in [-0.39, 0.29) is 18.9 Å². The molecule has 0 saturated carbocycles. The minimum absolute atomic E-state index is 0.0577. The molecule has 0 aliphatic heterocycles. The van der Waals surface area contributed by atoms with Crippen LogP contribution in [0.25, 0.3) is 11.1 Å². The van der Waals surface area contributed by atoms with E-state index in [9.17, 15) is 27.6 Å². The van der Waals surface area contributed by atoms with Gasteiger partial charge in [0.1, 0.15) is 18.7 Å². The quantitative estimate of drug-likeness (QED) is 0.490. The molecule has 3 rings (SSSR count). The second kappa shape index (κ2) is 11.0. The highest BCUT2D eigenvalue weighted by Gasteiger charge is 2.43. The Kier molecular flexibility index (Phi) is 8.02. The number of halogens is 3. The first-order chi connectivity index (χ1) is 16.6. The Hall–Kier alpha value is -4.00. The van der Waals surface area contributed by atoms with Crippen LogP contribution in [0.15, 0.2) is 48.5 Å². The van der Waals surface area contributed by atoms with Crippen LogP contribution in [0.2, 0.25) is 0 Å².